The number of hydrogen-bond donors (Lipinski definition) is 2. The normalized spacial score (nSPS) is 29.9. The van der Waals surface area contributed by atoms with Crippen LogP contribution in [0.25, 0.3) is 0 Å². The van der Waals surface area contributed by atoms with Crippen molar-refractivity contribution < 1.29 is 19.4 Å². The third kappa shape index (κ3) is 3.93. The van der Waals surface area contributed by atoms with E-state index in [4.69, 9.17) is 4.74 Å². The maximum absolute atomic E-state index is 11.8. The number of rotatable bonds is 5. The zero-order chi connectivity index (χ0) is 14.7. The van der Waals surface area contributed by atoms with E-state index in [0.29, 0.717) is 6.42 Å². The summed E-state index contributed by atoms with van der Waals surface area (Å²) in [5.41, 5.74) is 0. The van der Waals surface area contributed by atoms with E-state index in [9.17, 15) is 14.7 Å². The minimum atomic E-state index is -0.411. The molecule has 1 heterocycles. The van der Waals surface area contributed by atoms with Gasteiger partial charge in [0.05, 0.1) is 25.2 Å². The first-order chi connectivity index (χ1) is 9.51. The summed E-state index contributed by atoms with van der Waals surface area (Å²) >= 11 is 0. The highest BCUT2D eigenvalue weighted by molar-refractivity contribution is 5.81. The third-order valence-electron chi connectivity index (χ3n) is 3.97. The minimum absolute atomic E-state index is 0.0205. The van der Waals surface area contributed by atoms with E-state index in [1.807, 2.05) is 0 Å². The monoisotopic (exact) mass is 284 g/mol. The summed E-state index contributed by atoms with van der Waals surface area (Å²) in [7, 11) is 3.43. The Labute approximate surface area is 119 Å². The molecule has 1 aliphatic carbocycles. The van der Waals surface area contributed by atoms with E-state index in [1.54, 1.807) is 14.1 Å². The first-order valence-corrected chi connectivity index (χ1v) is 7.28. The van der Waals surface area contributed by atoms with Crippen LogP contribution in [0, 0.1) is 5.92 Å². The van der Waals surface area contributed by atoms with Crippen molar-refractivity contribution in [2.24, 2.45) is 5.92 Å². The third-order valence-corrected chi connectivity index (χ3v) is 3.97. The zero-order valence-electron chi connectivity index (χ0n) is 12.2. The molecule has 6 heteroatoms. The lowest BCUT2D eigenvalue weighted by atomic mass is 9.96. The predicted octanol–water partition coefficient (Wildman–Crippen LogP) is -0.101. The highest BCUT2D eigenvalue weighted by Gasteiger charge is 2.36. The fourth-order valence-electron chi connectivity index (χ4n) is 2.47. The van der Waals surface area contributed by atoms with Gasteiger partial charge in [0.15, 0.2) is 0 Å². The summed E-state index contributed by atoms with van der Waals surface area (Å²) in [5.74, 6) is 0.245. The molecule has 20 heavy (non-hydrogen) atoms. The van der Waals surface area contributed by atoms with Crippen LogP contribution >= 0.6 is 0 Å². The molecule has 6 nitrogen and oxygen atoms in total. The number of hydrogen-bond acceptors (Lipinski definition) is 4. The van der Waals surface area contributed by atoms with Crippen LogP contribution in [-0.2, 0) is 14.3 Å². The molecule has 0 aromatic carbocycles. The SMILES string of the molecule is CN(C)C(=O)C[C@H]1CC[C@@H](NC(=O)C2CC2)[C@@H](CO)O1. The van der Waals surface area contributed by atoms with Gasteiger partial charge in [-0.1, -0.05) is 0 Å². The Morgan fingerprint density at radius 2 is 1.95 bits per heavy atom. The fourth-order valence-corrected chi connectivity index (χ4v) is 2.47. The summed E-state index contributed by atoms with van der Waals surface area (Å²) in [4.78, 5) is 25.0. The maximum atomic E-state index is 11.8. The molecule has 2 amide bonds. The van der Waals surface area contributed by atoms with Crippen molar-refractivity contribution in [3.8, 4) is 0 Å². The Balaban J connectivity index is 1.83. The number of nitrogens with one attached hydrogen (secondary N) is 1. The maximum Gasteiger partial charge on any atom is 0.224 e. The lowest BCUT2D eigenvalue weighted by Gasteiger charge is -2.36. The van der Waals surface area contributed by atoms with E-state index >= 15 is 0 Å². The smallest absolute Gasteiger partial charge is 0.224 e. The molecule has 2 rings (SSSR count). The number of aliphatic hydroxyl groups is 1. The topological polar surface area (TPSA) is 78.9 Å². The van der Waals surface area contributed by atoms with Gasteiger partial charge in [0.1, 0.15) is 6.10 Å². The van der Waals surface area contributed by atoms with Crippen molar-refractivity contribution in [3.05, 3.63) is 0 Å². The van der Waals surface area contributed by atoms with Crippen LogP contribution in [0.5, 0.6) is 0 Å². The highest BCUT2D eigenvalue weighted by Crippen LogP contribution is 2.30. The summed E-state index contributed by atoms with van der Waals surface area (Å²) in [5, 5.41) is 12.4. The molecule has 114 valence electrons. The summed E-state index contributed by atoms with van der Waals surface area (Å²) in [6.45, 7) is -0.137. The van der Waals surface area contributed by atoms with E-state index in [-0.39, 0.29) is 36.5 Å². The van der Waals surface area contributed by atoms with Gasteiger partial charge in [0.25, 0.3) is 0 Å². The van der Waals surface area contributed by atoms with Crippen molar-refractivity contribution in [2.75, 3.05) is 20.7 Å². The van der Waals surface area contributed by atoms with Crippen LogP contribution in [0.4, 0.5) is 0 Å². The van der Waals surface area contributed by atoms with Crippen LogP contribution in [0.3, 0.4) is 0 Å². The number of carbonyl (C=O) groups excluding carboxylic acids is 2. The molecular weight excluding hydrogens is 260 g/mol. The molecule has 1 aliphatic heterocycles. The molecule has 0 radical (unpaired) electrons. The van der Waals surface area contributed by atoms with Gasteiger partial charge in [0, 0.05) is 20.0 Å². The van der Waals surface area contributed by atoms with E-state index in [0.717, 1.165) is 25.7 Å². The highest BCUT2D eigenvalue weighted by atomic mass is 16.5. The van der Waals surface area contributed by atoms with Crippen molar-refractivity contribution in [1.29, 1.82) is 0 Å². The van der Waals surface area contributed by atoms with Gasteiger partial charge >= 0.3 is 0 Å². The van der Waals surface area contributed by atoms with E-state index in [2.05, 4.69) is 5.32 Å². The second-order valence-electron chi connectivity index (χ2n) is 5.94. The molecule has 0 spiro atoms. The number of aliphatic hydroxyl groups excluding tert-OH is 1. The van der Waals surface area contributed by atoms with Crippen molar-refractivity contribution in [2.45, 2.75) is 50.4 Å². The Hall–Kier alpha value is -1.14. The molecular formula is C14H24N2O4. The summed E-state index contributed by atoms with van der Waals surface area (Å²) < 4.78 is 5.76. The second-order valence-corrected chi connectivity index (χ2v) is 5.94. The number of nitrogens with zero attached hydrogens (tertiary/aromatic N) is 1. The van der Waals surface area contributed by atoms with Crippen LogP contribution in [-0.4, -0.2) is 60.8 Å². The van der Waals surface area contributed by atoms with Gasteiger partial charge in [-0.3, -0.25) is 9.59 Å². The zero-order valence-corrected chi connectivity index (χ0v) is 12.2. The minimum Gasteiger partial charge on any atom is -0.394 e. The average Bonchev–Trinajstić information content (AvgIpc) is 3.24. The van der Waals surface area contributed by atoms with Gasteiger partial charge in [-0.05, 0) is 25.7 Å². The Morgan fingerprint density at radius 1 is 1.25 bits per heavy atom. The first kappa shape index (κ1) is 15.3. The van der Waals surface area contributed by atoms with Crippen molar-refractivity contribution in [1.82, 2.24) is 10.2 Å². The fraction of sp³-hybridized carbons (Fsp3) is 0.857. The largest absolute Gasteiger partial charge is 0.394 e. The number of carbonyl (C=O) groups is 2. The predicted molar refractivity (Wildman–Crippen MR) is 72.9 cm³/mol. The van der Waals surface area contributed by atoms with Crippen LogP contribution in [0.2, 0.25) is 0 Å². The summed E-state index contributed by atoms with van der Waals surface area (Å²) in [6.07, 6.45) is 3.14. The average molecular weight is 284 g/mol. The van der Waals surface area contributed by atoms with Crippen LogP contribution < -0.4 is 5.32 Å². The molecule has 0 unspecified atom stereocenters. The van der Waals surface area contributed by atoms with Gasteiger partial charge < -0.3 is 20.1 Å². The van der Waals surface area contributed by atoms with Gasteiger partial charge in [-0.15, -0.1) is 0 Å². The molecule has 0 bridgehead atoms. The second kappa shape index (κ2) is 6.54. The van der Waals surface area contributed by atoms with Crippen molar-refractivity contribution >= 4 is 11.8 Å². The van der Waals surface area contributed by atoms with E-state index < -0.39 is 6.10 Å². The molecule has 2 fully saturated rings. The van der Waals surface area contributed by atoms with Gasteiger partial charge in [-0.2, -0.15) is 0 Å². The lowest BCUT2D eigenvalue weighted by molar-refractivity contribution is -0.141. The molecule has 2 N–H and O–H groups in total. The lowest BCUT2D eigenvalue weighted by Crippen LogP contribution is -2.51. The standard InChI is InChI=1S/C14H24N2O4/c1-16(2)13(18)7-10-5-6-11(12(8-17)20-10)15-14(19)9-3-4-9/h9-12,17H,3-8H2,1-2H3,(H,15,19)/t10-,11-,12-/m1/s1. The molecule has 1 saturated heterocycles. The van der Waals surface area contributed by atoms with Gasteiger partial charge in [0.2, 0.25) is 11.8 Å². The molecule has 0 aromatic rings. The number of amides is 2. The first-order valence-electron chi connectivity index (χ1n) is 7.28. The Kier molecular flexibility index (Phi) is 4.99. The Morgan fingerprint density at radius 3 is 2.50 bits per heavy atom. The molecule has 0 aromatic heterocycles. The van der Waals surface area contributed by atoms with Crippen LogP contribution in [0.1, 0.15) is 32.1 Å². The quantitative estimate of drug-likeness (QED) is 0.739. The van der Waals surface area contributed by atoms with Gasteiger partial charge in [-0.25, -0.2) is 0 Å². The molecule has 1 saturated carbocycles. The molecule has 2 aliphatic rings. The summed E-state index contributed by atoms with van der Waals surface area (Å²) in [6, 6.07) is -0.140. The molecule has 3 atom stereocenters. The van der Waals surface area contributed by atoms with E-state index in [1.165, 1.54) is 4.90 Å². The van der Waals surface area contributed by atoms with Crippen LogP contribution in [0.15, 0.2) is 0 Å². The Bertz CT molecular complexity index is 368. The number of ether oxygens (including phenoxy) is 1. The van der Waals surface area contributed by atoms with Crippen molar-refractivity contribution in [3.63, 3.8) is 0 Å².